The SMILES string of the molecule is CCCN1CCC(NC(=O)C(CC)(CC)CN)CC1.Cl.Cl. The first-order valence-corrected chi connectivity index (χ1v) is 7.85. The second kappa shape index (κ2) is 11.5. The molecule has 0 aliphatic carbocycles. The number of nitrogens with two attached hydrogens (primary N) is 1. The van der Waals surface area contributed by atoms with Gasteiger partial charge in [0, 0.05) is 25.7 Å². The summed E-state index contributed by atoms with van der Waals surface area (Å²) in [5.41, 5.74) is 5.47. The van der Waals surface area contributed by atoms with E-state index < -0.39 is 0 Å². The normalized spacial score (nSPS) is 16.8. The zero-order valence-electron chi connectivity index (χ0n) is 13.7. The highest BCUT2D eigenvalue weighted by atomic mass is 35.5. The van der Waals surface area contributed by atoms with Crippen molar-refractivity contribution in [1.29, 1.82) is 0 Å². The number of nitrogens with zero attached hydrogens (tertiary/aromatic N) is 1. The molecule has 4 nitrogen and oxygen atoms in total. The summed E-state index contributed by atoms with van der Waals surface area (Å²) in [6.07, 6.45) is 4.99. The van der Waals surface area contributed by atoms with Crippen LogP contribution < -0.4 is 11.1 Å². The highest BCUT2D eigenvalue weighted by Gasteiger charge is 2.34. The fraction of sp³-hybridized carbons (Fsp3) is 0.933. The van der Waals surface area contributed by atoms with E-state index in [1.807, 2.05) is 0 Å². The van der Waals surface area contributed by atoms with E-state index in [4.69, 9.17) is 5.73 Å². The molecule has 1 aliphatic heterocycles. The van der Waals surface area contributed by atoms with Gasteiger partial charge in [-0.1, -0.05) is 20.8 Å². The Hall–Kier alpha value is -0.0300. The first-order valence-electron chi connectivity index (χ1n) is 7.85. The molecule has 1 rings (SSSR count). The van der Waals surface area contributed by atoms with E-state index in [0.717, 1.165) is 38.8 Å². The first-order chi connectivity index (χ1) is 9.11. The number of rotatable bonds is 7. The molecule has 1 fully saturated rings. The predicted molar refractivity (Wildman–Crippen MR) is 94.5 cm³/mol. The zero-order chi connectivity index (χ0) is 14.3. The Morgan fingerprint density at radius 2 is 1.71 bits per heavy atom. The van der Waals surface area contributed by atoms with Crippen LogP contribution >= 0.6 is 24.8 Å². The molecule has 0 bridgehead atoms. The molecule has 1 amide bonds. The van der Waals surface area contributed by atoms with E-state index in [1.165, 1.54) is 13.0 Å². The fourth-order valence-corrected chi connectivity index (χ4v) is 2.91. The van der Waals surface area contributed by atoms with Crippen LogP contribution in [0.5, 0.6) is 0 Å². The topological polar surface area (TPSA) is 58.4 Å². The van der Waals surface area contributed by atoms with Gasteiger partial charge in [-0.3, -0.25) is 4.79 Å². The molecule has 3 N–H and O–H groups in total. The fourth-order valence-electron chi connectivity index (χ4n) is 2.91. The number of carbonyl (C=O) groups excluding carboxylic acids is 1. The summed E-state index contributed by atoms with van der Waals surface area (Å²) in [6, 6.07) is 0.338. The van der Waals surface area contributed by atoms with Crippen molar-refractivity contribution < 1.29 is 4.79 Å². The first kappa shape index (κ1) is 23.2. The molecule has 0 radical (unpaired) electrons. The van der Waals surface area contributed by atoms with Crippen LogP contribution in [0.2, 0.25) is 0 Å². The minimum atomic E-state index is -0.361. The Kier molecular flexibility index (Phi) is 12.8. The maximum Gasteiger partial charge on any atom is 0.227 e. The molecule has 0 spiro atoms. The number of nitrogens with one attached hydrogen (secondary N) is 1. The Morgan fingerprint density at radius 1 is 1.19 bits per heavy atom. The summed E-state index contributed by atoms with van der Waals surface area (Å²) >= 11 is 0. The van der Waals surface area contributed by atoms with Crippen molar-refractivity contribution in [3.63, 3.8) is 0 Å². The van der Waals surface area contributed by atoms with Crippen LogP contribution in [-0.4, -0.2) is 43.0 Å². The largest absolute Gasteiger partial charge is 0.353 e. The van der Waals surface area contributed by atoms with Crippen LogP contribution in [0, 0.1) is 5.41 Å². The maximum atomic E-state index is 12.4. The maximum absolute atomic E-state index is 12.4. The lowest BCUT2D eigenvalue weighted by molar-refractivity contribution is -0.132. The monoisotopic (exact) mass is 341 g/mol. The summed E-state index contributed by atoms with van der Waals surface area (Å²) in [5, 5.41) is 3.23. The van der Waals surface area contributed by atoms with Gasteiger partial charge >= 0.3 is 0 Å². The van der Waals surface area contributed by atoms with Gasteiger partial charge in [-0.2, -0.15) is 0 Å². The summed E-state index contributed by atoms with van der Waals surface area (Å²) < 4.78 is 0. The zero-order valence-corrected chi connectivity index (χ0v) is 15.3. The average molecular weight is 342 g/mol. The van der Waals surface area contributed by atoms with Crippen molar-refractivity contribution in [3.8, 4) is 0 Å². The van der Waals surface area contributed by atoms with Gasteiger partial charge < -0.3 is 16.0 Å². The summed E-state index contributed by atoms with van der Waals surface area (Å²) in [7, 11) is 0. The van der Waals surface area contributed by atoms with Gasteiger partial charge in [0.15, 0.2) is 0 Å². The second-order valence-electron chi connectivity index (χ2n) is 5.78. The molecule has 0 aromatic carbocycles. The summed E-state index contributed by atoms with van der Waals surface area (Å²) in [6.45, 7) is 10.2. The van der Waals surface area contributed by atoms with E-state index in [0.29, 0.717) is 12.6 Å². The Bertz CT molecular complexity index is 270. The number of amides is 1. The van der Waals surface area contributed by atoms with Crippen LogP contribution in [0.4, 0.5) is 0 Å². The van der Waals surface area contributed by atoms with Crippen LogP contribution in [-0.2, 0) is 4.79 Å². The van der Waals surface area contributed by atoms with Crippen LogP contribution in [0.1, 0.15) is 52.9 Å². The quantitative estimate of drug-likeness (QED) is 0.748. The van der Waals surface area contributed by atoms with Gasteiger partial charge in [0.25, 0.3) is 0 Å². The number of hydrogen-bond acceptors (Lipinski definition) is 3. The van der Waals surface area contributed by atoms with Crippen molar-refractivity contribution in [2.75, 3.05) is 26.2 Å². The number of halogens is 2. The van der Waals surface area contributed by atoms with Gasteiger partial charge in [0.2, 0.25) is 5.91 Å². The van der Waals surface area contributed by atoms with E-state index in [2.05, 4.69) is 31.0 Å². The van der Waals surface area contributed by atoms with Crippen LogP contribution in [0.25, 0.3) is 0 Å². The third kappa shape index (κ3) is 6.31. The lowest BCUT2D eigenvalue weighted by atomic mass is 9.81. The number of hydrogen-bond donors (Lipinski definition) is 2. The molecular weight excluding hydrogens is 309 g/mol. The summed E-state index contributed by atoms with van der Waals surface area (Å²) in [5.74, 6) is 0.161. The van der Waals surface area contributed by atoms with E-state index in [-0.39, 0.29) is 36.1 Å². The number of likely N-dealkylation sites (tertiary alicyclic amines) is 1. The predicted octanol–water partition coefficient (Wildman–Crippen LogP) is 2.59. The minimum absolute atomic E-state index is 0. The molecule has 1 heterocycles. The Labute approximate surface area is 142 Å². The van der Waals surface area contributed by atoms with Crippen molar-refractivity contribution >= 4 is 30.7 Å². The second-order valence-corrected chi connectivity index (χ2v) is 5.78. The van der Waals surface area contributed by atoms with Crippen molar-refractivity contribution in [2.24, 2.45) is 11.1 Å². The number of carbonyl (C=O) groups is 1. The molecule has 6 heteroatoms. The van der Waals surface area contributed by atoms with Gasteiger partial charge in [-0.15, -0.1) is 24.8 Å². The van der Waals surface area contributed by atoms with Gasteiger partial charge in [-0.25, -0.2) is 0 Å². The summed E-state index contributed by atoms with van der Waals surface area (Å²) in [4.78, 5) is 14.9. The highest BCUT2D eigenvalue weighted by molar-refractivity contribution is 5.85. The lowest BCUT2D eigenvalue weighted by Gasteiger charge is -2.35. The minimum Gasteiger partial charge on any atom is -0.353 e. The van der Waals surface area contributed by atoms with E-state index in [1.54, 1.807) is 0 Å². The third-order valence-corrected chi connectivity index (χ3v) is 4.69. The van der Waals surface area contributed by atoms with Crippen molar-refractivity contribution in [3.05, 3.63) is 0 Å². The molecule has 1 aliphatic rings. The molecule has 0 aromatic heterocycles. The van der Waals surface area contributed by atoms with E-state index in [9.17, 15) is 4.79 Å². The third-order valence-electron chi connectivity index (χ3n) is 4.69. The lowest BCUT2D eigenvalue weighted by Crippen LogP contribution is -2.51. The van der Waals surface area contributed by atoms with Crippen LogP contribution in [0.15, 0.2) is 0 Å². The molecule has 21 heavy (non-hydrogen) atoms. The molecule has 0 atom stereocenters. The average Bonchev–Trinajstić information content (AvgIpc) is 2.44. The Morgan fingerprint density at radius 3 is 2.10 bits per heavy atom. The molecule has 0 aromatic rings. The number of piperidine rings is 1. The molecule has 1 saturated heterocycles. The van der Waals surface area contributed by atoms with Crippen molar-refractivity contribution in [1.82, 2.24) is 10.2 Å². The van der Waals surface area contributed by atoms with Gasteiger partial charge in [-0.05, 0) is 38.6 Å². The molecule has 0 unspecified atom stereocenters. The van der Waals surface area contributed by atoms with Gasteiger partial charge in [0.1, 0.15) is 0 Å². The Balaban J connectivity index is 0. The molecule has 128 valence electrons. The van der Waals surface area contributed by atoms with Crippen molar-refractivity contribution in [2.45, 2.75) is 58.9 Å². The highest BCUT2D eigenvalue weighted by Crippen LogP contribution is 2.25. The van der Waals surface area contributed by atoms with Crippen LogP contribution in [0.3, 0.4) is 0 Å². The smallest absolute Gasteiger partial charge is 0.227 e. The molecule has 0 saturated carbocycles. The van der Waals surface area contributed by atoms with Gasteiger partial charge in [0.05, 0.1) is 5.41 Å². The van der Waals surface area contributed by atoms with E-state index >= 15 is 0 Å². The molecular formula is C15H33Cl2N3O. The standard InChI is InChI=1S/C15H31N3O.2ClH/c1-4-9-18-10-7-13(8-11-18)17-14(19)15(5-2,6-3)12-16;;/h13H,4-12,16H2,1-3H3,(H,17,19);2*1H.